The lowest BCUT2D eigenvalue weighted by molar-refractivity contribution is -0.00205. The third-order valence-corrected chi connectivity index (χ3v) is 3.72. The third kappa shape index (κ3) is 2.50. The van der Waals surface area contributed by atoms with Crippen molar-refractivity contribution in [3.05, 3.63) is 9.47 Å². The van der Waals surface area contributed by atoms with Crippen LogP contribution in [0.5, 0.6) is 0 Å². The Labute approximate surface area is 102 Å². The number of amides is 1. The molecule has 0 spiro atoms. The van der Waals surface area contributed by atoms with E-state index in [0.29, 0.717) is 30.9 Å². The summed E-state index contributed by atoms with van der Waals surface area (Å²) in [6.07, 6.45) is 1.18. The van der Waals surface area contributed by atoms with Crippen molar-refractivity contribution in [2.24, 2.45) is 0 Å². The summed E-state index contributed by atoms with van der Waals surface area (Å²) in [4.78, 5) is 13.6. The van der Waals surface area contributed by atoms with Gasteiger partial charge in [0.05, 0.1) is 5.60 Å². The fourth-order valence-electron chi connectivity index (χ4n) is 1.62. The van der Waals surface area contributed by atoms with Crippen molar-refractivity contribution in [3.63, 3.8) is 0 Å². The van der Waals surface area contributed by atoms with E-state index in [-0.39, 0.29) is 10.4 Å². The van der Waals surface area contributed by atoms with Crippen LogP contribution in [0.1, 0.15) is 29.6 Å². The van der Waals surface area contributed by atoms with Crippen LogP contribution < -0.4 is 0 Å². The van der Waals surface area contributed by atoms with Crippen molar-refractivity contribution in [1.29, 1.82) is 0 Å². The molecule has 88 valence electrons. The zero-order chi connectivity index (χ0) is 11.8. The number of hydrogen-bond donors (Lipinski definition) is 1. The quantitative estimate of drug-likeness (QED) is 0.824. The van der Waals surface area contributed by atoms with Gasteiger partial charge in [-0.15, -0.1) is 10.2 Å². The van der Waals surface area contributed by atoms with E-state index in [1.807, 2.05) is 0 Å². The molecular weight excluding hydrogens is 250 g/mol. The zero-order valence-corrected chi connectivity index (χ0v) is 10.4. The van der Waals surface area contributed by atoms with Crippen molar-refractivity contribution >= 4 is 28.8 Å². The van der Waals surface area contributed by atoms with Gasteiger partial charge in [-0.05, 0) is 31.4 Å². The van der Waals surface area contributed by atoms with Gasteiger partial charge in [-0.2, -0.15) is 0 Å². The molecule has 2 rings (SSSR count). The van der Waals surface area contributed by atoms with Gasteiger partial charge < -0.3 is 10.0 Å². The second-order valence-electron chi connectivity index (χ2n) is 4.15. The topological polar surface area (TPSA) is 66.3 Å². The predicted molar refractivity (Wildman–Crippen MR) is 60.7 cm³/mol. The van der Waals surface area contributed by atoms with Crippen molar-refractivity contribution in [3.8, 4) is 0 Å². The maximum atomic E-state index is 11.9. The van der Waals surface area contributed by atoms with Crippen molar-refractivity contribution in [1.82, 2.24) is 15.1 Å². The summed E-state index contributed by atoms with van der Waals surface area (Å²) < 4.78 is 0.271. The smallest absolute Gasteiger partial charge is 0.284 e. The first-order chi connectivity index (χ1) is 7.48. The molecular formula is C9H12ClN3O2S. The van der Waals surface area contributed by atoms with Gasteiger partial charge in [0.15, 0.2) is 0 Å². The summed E-state index contributed by atoms with van der Waals surface area (Å²) in [5, 5.41) is 17.4. The van der Waals surface area contributed by atoms with Gasteiger partial charge in [0.1, 0.15) is 0 Å². The molecule has 1 amide bonds. The minimum atomic E-state index is -0.657. The Morgan fingerprint density at radius 2 is 2.12 bits per heavy atom. The van der Waals surface area contributed by atoms with E-state index in [1.165, 1.54) is 0 Å². The fraction of sp³-hybridized carbons (Fsp3) is 0.667. The standard InChI is InChI=1S/C9H12ClN3O2S/c1-9(15)2-4-13(5-3-9)7(14)6-11-12-8(10)16-6/h15H,2-5H2,1H3. The SMILES string of the molecule is CC1(O)CCN(C(=O)c2nnc(Cl)s2)CC1. The first-order valence-electron chi connectivity index (χ1n) is 4.99. The summed E-state index contributed by atoms with van der Waals surface area (Å²) in [7, 11) is 0. The molecule has 1 fully saturated rings. The molecule has 0 aliphatic carbocycles. The number of piperidine rings is 1. The highest BCUT2D eigenvalue weighted by Crippen LogP contribution is 2.23. The number of aromatic nitrogens is 2. The van der Waals surface area contributed by atoms with Crippen LogP contribution in [0.3, 0.4) is 0 Å². The number of halogens is 1. The van der Waals surface area contributed by atoms with Gasteiger partial charge in [0.25, 0.3) is 5.91 Å². The van der Waals surface area contributed by atoms with Crippen LogP contribution in [0.25, 0.3) is 0 Å². The zero-order valence-electron chi connectivity index (χ0n) is 8.81. The maximum absolute atomic E-state index is 11.9. The summed E-state index contributed by atoms with van der Waals surface area (Å²) in [5.41, 5.74) is -0.657. The van der Waals surface area contributed by atoms with E-state index >= 15 is 0 Å². The minimum Gasteiger partial charge on any atom is -0.390 e. The summed E-state index contributed by atoms with van der Waals surface area (Å²) in [5.74, 6) is -0.153. The molecule has 2 heterocycles. The van der Waals surface area contributed by atoms with Gasteiger partial charge in [-0.1, -0.05) is 11.3 Å². The Kier molecular flexibility index (Phi) is 3.14. The van der Waals surface area contributed by atoms with E-state index in [0.717, 1.165) is 11.3 Å². The molecule has 0 atom stereocenters. The van der Waals surface area contributed by atoms with Crippen LogP contribution in [0.15, 0.2) is 0 Å². The molecule has 0 aromatic carbocycles. The largest absolute Gasteiger partial charge is 0.390 e. The Morgan fingerprint density at radius 1 is 1.50 bits per heavy atom. The van der Waals surface area contributed by atoms with E-state index in [9.17, 15) is 9.90 Å². The number of carbonyl (C=O) groups excluding carboxylic acids is 1. The molecule has 1 aliphatic rings. The number of likely N-dealkylation sites (tertiary alicyclic amines) is 1. The normalized spacial score (nSPS) is 19.8. The van der Waals surface area contributed by atoms with Gasteiger partial charge in [-0.3, -0.25) is 4.79 Å². The van der Waals surface area contributed by atoms with E-state index in [2.05, 4.69) is 10.2 Å². The number of aliphatic hydroxyl groups is 1. The van der Waals surface area contributed by atoms with Crippen LogP contribution >= 0.6 is 22.9 Å². The lowest BCUT2D eigenvalue weighted by Crippen LogP contribution is -2.45. The maximum Gasteiger partial charge on any atom is 0.284 e. The molecule has 1 N–H and O–H groups in total. The number of carbonyl (C=O) groups is 1. The highest BCUT2D eigenvalue weighted by atomic mass is 35.5. The lowest BCUT2D eigenvalue weighted by Gasteiger charge is -2.35. The molecule has 1 aromatic rings. The van der Waals surface area contributed by atoms with Crippen LogP contribution in [-0.2, 0) is 0 Å². The van der Waals surface area contributed by atoms with Gasteiger partial charge in [-0.25, -0.2) is 0 Å². The van der Waals surface area contributed by atoms with Crippen molar-refractivity contribution in [2.45, 2.75) is 25.4 Å². The van der Waals surface area contributed by atoms with E-state index in [4.69, 9.17) is 11.6 Å². The van der Waals surface area contributed by atoms with Gasteiger partial charge in [0.2, 0.25) is 9.47 Å². The molecule has 0 unspecified atom stereocenters. The lowest BCUT2D eigenvalue weighted by atomic mass is 9.94. The monoisotopic (exact) mass is 261 g/mol. The summed E-state index contributed by atoms with van der Waals surface area (Å²) in [6, 6.07) is 0. The first kappa shape index (κ1) is 11.8. The number of rotatable bonds is 1. The Hall–Kier alpha value is -0.720. The molecule has 0 radical (unpaired) electrons. The molecule has 0 saturated carbocycles. The Bertz CT molecular complexity index is 397. The van der Waals surface area contributed by atoms with Crippen LogP contribution in [0.2, 0.25) is 4.47 Å². The average molecular weight is 262 g/mol. The first-order valence-corrected chi connectivity index (χ1v) is 6.18. The number of nitrogens with zero attached hydrogens (tertiary/aromatic N) is 3. The van der Waals surface area contributed by atoms with Crippen LogP contribution in [0.4, 0.5) is 0 Å². The van der Waals surface area contributed by atoms with Crippen LogP contribution in [-0.4, -0.2) is 44.8 Å². The average Bonchev–Trinajstić information content (AvgIpc) is 2.64. The highest BCUT2D eigenvalue weighted by molar-refractivity contribution is 7.17. The van der Waals surface area contributed by atoms with Gasteiger partial charge >= 0.3 is 0 Å². The molecule has 1 saturated heterocycles. The minimum absolute atomic E-state index is 0.153. The molecule has 7 heteroatoms. The second kappa shape index (κ2) is 4.27. The van der Waals surface area contributed by atoms with E-state index in [1.54, 1.807) is 11.8 Å². The molecule has 16 heavy (non-hydrogen) atoms. The molecule has 1 aliphatic heterocycles. The van der Waals surface area contributed by atoms with Crippen LogP contribution in [0, 0.1) is 0 Å². The van der Waals surface area contributed by atoms with Crippen molar-refractivity contribution < 1.29 is 9.90 Å². The van der Waals surface area contributed by atoms with Crippen molar-refractivity contribution in [2.75, 3.05) is 13.1 Å². The summed E-state index contributed by atoms with van der Waals surface area (Å²) >= 11 is 6.70. The molecule has 0 bridgehead atoms. The summed E-state index contributed by atoms with van der Waals surface area (Å²) in [6.45, 7) is 2.88. The highest BCUT2D eigenvalue weighted by Gasteiger charge is 2.31. The molecule has 5 nitrogen and oxygen atoms in total. The number of hydrogen-bond acceptors (Lipinski definition) is 5. The molecule has 1 aromatic heterocycles. The third-order valence-electron chi connectivity index (χ3n) is 2.71. The Morgan fingerprint density at radius 3 is 2.62 bits per heavy atom. The second-order valence-corrected chi connectivity index (χ2v) is 5.71. The van der Waals surface area contributed by atoms with Gasteiger partial charge in [0, 0.05) is 13.1 Å². The Balaban J connectivity index is 2.02. The van der Waals surface area contributed by atoms with E-state index < -0.39 is 5.60 Å². The predicted octanol–water partition coefficient (Wildman–Crippen LogP) is 1.18. The fourth-order valence-corrected chi connectivity index (χ4v) is 2.41.